The maximum Gasteiger partial charge on any atom is 0.494 e. The molecule has 4 atom stereocenters. The molecular weight excluding hydrogens is 1820 g/mol. The van der Waals surface area contributed by atoms with Gasteiger partial charge in [0, 0.05) is 112 Å². The predicted octanol–water partition coefficient (Wildman–Crippen LogP) is 23.7. The average molecular weight is 1940 g/mol. The number of hydrogen-bond acceptors (Lipinski definition) is 19. The van der Waals surface area contributed by atoms with Crippen molar-refractivity contribution in [1.29, 1.82) is 10.8 Å². The summed E-state index contributed by atoms with van der Waals surface area (Å²) in [6, 6.07) is 106. The third-order valence-corrected chi connectivity index (χ3v) is 26.8. The Labute approximate surface area is 833 Å². The summed E-state index contributed by atoms with van der Waals surface area (Å²) < 4.78 is 18.1. The molecule has 16 aromatic rings. The van der Waals surface area contributed by atoms with Crippen LogP contribution in [0.2, 0.25) is 5.15 Å². The van der Waals surface area contributed by atoms with Crippen LogP contribution >= 0.6 is 58.0 Å². The van der Waals surface area contributed by atoms with Gasteiger partial charge < -0.3 is 54.9 Å². The summed E-state index contributed by atoms with van der Waals surface area (Å²) in [6.07, 6.45) is 2.47. The molecule has 19 nitrogen and oxygen atoms in total. The molecule has 25 heteroatoms. The lowest BCUT2D eigenvalue weighted by atomic mass is 9.75. The summed E-state index contributed by atoms with van der Waals surface area (Å²) in [4.78, 5) is 9.59. The fourth-order valence-electron chi connectivity index (χ4n) is 18.8. The van der Waals surface area contributed by atoms with Crippen LogP contribution in [0.4, 0.5) is 11.6 Å². The van der Waals surface area contributed by atoms with Gasteiger partial charge in [-0.25, -0.2) is 0 Å². The number of aromatic nitrogens is 6. The van der Waals surface area contributed by atoms with E-state index in [9.17, 15) is 5.11 Å². The van der Waals surface area contributed by atoms with E-state index in [0.29, 0.717) is 47.0 Å². The van der Waals surface area contributed by atoms with Gasteiger partial charge in [-0.1, -0.05) is 271 Å². The zero-order chi connectivity index (χ0) is 97.3. The number of methoxy groups -OCH3 is 1. The van der Waals surface area contributed by atoms with Crippen LogP contribution in [0.1, 0.15) is 129 Å². The molecule has 5 aliphatic heterocycles. The van der Waals surface area contributed by atoms with Gasteiger partial charge in [0.1, 0.15) is 27.7 Å². The minimum atomic E-state index is -0.321. The third-order valence-electron chi connectivity index (χ3n) is 26.3. The number of nitrogen functional groups attached to an aromatic ring is 1. The molecule has 21 rings (SSSR count). The van der Waals surface area contributed by atoms with E-state index in [1.165, 1.54) is 122 Å². The molecule has 1 fully saturated rings. The molecule has 138 heavy (non-hydrogen) atoms. The molecule has 0 saturated carbocycles. The normalized spacial score (nSPS) is 16.9. The van der Waals surface area contributed by atoms with Crippen molar-refractivity contribution in [2.24, 2.45) is 0 Å². The van der Waals surface area contributed by atoms with Crippen molar-refractivity contribution < 1.29 is 24.3 Å². The summed E-state index contributed by atoms with van der Waals surface area (Å²) in [5.41, 5.74) is 30.2. The zero-order valence-corrected chi connectivity index (χ0v) is 82.9. The quantitative estimate of drug-likeness (QED) is 0.0317. The Kier molecular flexibility index (Phi) is 33.5. The maximum absolute atomic E-state index is 9.36. The molecule has 0 amide bonds. The van der Waals surface area contributed by atoms with Crippen molar-refractivity contribution in [3.63, 3.8) is 0 Å². The predicted molar refractivity (Wildman–Crippen MR) is 570 cm³/mol. The zero-order valence-electron chi connectivity index (χ0n) is 79.2. The Hall–Kier alpha value is -12.2. The highest BCUT2D eigenvalue weighted by atomic mass is 35.5. The molecule has 704 valence electrons. The lowest BCUT2D eigenvalue weighted by molar-refractivity contribution is 0.00578. The smallest absolute Gasteiger partial charge is 0.494 e. The molecule has 13 aromatic carbocycles. The molecule has 5 aliphatic rings. The lowest BCUT2D eigenvalue weighted by Gasteiger charge is -2.33. The molecule has 0 bridgehead atoms. The van der Waals surface area contributed by atoms with Gasteiger partial charge in [-0.2, -0.15) is 0 Å². The molecular formula is C113H114BCl5N14O5. The van der Waals surface area contributed by atoms with Crippen LogP contribution in [-0.2, 0) is 48.6 Å². The van der Waals surface area contributed by atoms with Crippen LogP contribution < -0.4 is 21.3 Å². The number of nitrogens with zero attached hydrogens (tertiary/aromatic N) is 10. The molecule has 1 saturated heterocycles. The topological polar surface area (TPSA) is 244 Å². The minimum absolute atomic E-state index is 0.0138. The number of aliphatic hydroxyl groups excluding tert-OH is 2. The number of ether oxygens (including phenoxy) is 1. The molecule has 0 spiro atoms. The first-order chi connectivity index (χ1) is 66.7. The van der Waals surface area contributed by atoms with E-state index in [-0.39, 0.29) is 40.6 Å². The molecule has 3 aromatic heterocycles. The summed E-state index contributed by atoms with van der Waals surface area (Å²) in [7, 11) is 11.1. The average Bonchev–Trinajstić information content (AvgIpc) is 1.69. The fourth-order valence-corrected chi connectivity index (χ4v) is 19.0. The summed E-state index contributed by atoms with van der Waals surface area (Å²) in [5, 5.41) is 69.0. The number of likely N-dealkylation sites (N-methyl/N-ethyl adjacent to an activating group) is 4. The monoisotopic (exact) mass is 1930 g/mol. The Morgan fingerprint density at radius 3 is 1.12 bits per heavy atom. The molecule has 0 radical (unpaired) electrons. The standard InChI is InChI=1S/C33H32N4O2.C26H30BNO2.C24H20ClN3.C24H22N4.C4H4Cl2N2.CH2Cl2.CH4O/c1-37-19-28-17-26(11-12-29(28)30(20-37)25-10-9-23-5-3-4-6-24(23)16-25)31-13-14-33(36-35-31)34-18-27-8-7-22(21-38)15-32(27)39-2;1-25(2)26(3,4)30-27(29-25)22-12-13-23-21(15-22)16-28(5)17-24(23)20-11-10-18-8-6-7-9-19(18)14-20;2*1-28-14-20-13-19(23-10-11-24(25)27-26-23)8-9-21(20)22(15-28)18-7-6-16-4-2-3-5-17(16)12-18;5-3(7)1-2-4(6)8;2-1-3;1-2/h3-17,30,38H,18-21H2,1-2H3,(H,34,36);6-15,24H,16-17H2,1-5H3;2-13,22H,14-15H2,1H3;2-13,22H,14-15H2,1H3,(H2,25,27);1-2,7-8H;1H2;2H,1H3/b;;;;2-1-,7-3?,8-4?;;. The van der Waals surface area contributed by atoms with E-state index >= 15 is 0 Å². The fraction of sp³-hybridized carbons (Fsp3) is 0.239. The molecule has 4 unspecified atom stereocenters. The van der Waals surface area contributed by atoms with Crippen molar-refractivity contribution in [2.45, 2.75) is 102 Å². The van der Waals surface area contributed by atoms with E-state index in [2.05, 4.69) is 354 Å². The first-order valence-electron chi connectivity index (χ1n) is 46.0. The van der Waals surface area contributed by atoms with E-state index in [4.69, 9.17) is 93.7 Å². The van der Waals surface area contributed by atoms with Crippen molar-refractivity contribution in [3.05, 3.63) is 392 Å². The molecule has 7 N–H and O–H groups in total. The van der Waals surface area contributed by atoms with Crippen molar-refractivity contribution >= 4 is 136 Å². The van der Waals surface area contributed by atoms with Crippen LogP contribution in [0, 0.1) is 10.8 Å². The minimum Gasteiger partial charge on any atom is -0.496 e. The van der Waals surface area contributed by atoms with Crippen LogP contribution in [0.3, 0.4) is 0 Å². The number of nitrogens with one attached hydrogen (secondary N) is 3. The Balaban J connectivity index is 0.000000135. The van der Waals surface area contributed by atoms with Gasteiger partial charge in [0.25, 0.3) is 0 Å². The van der Waals surface area contributed by atoms with Gasteiger partial charge in [-0.15, -0.1) is 53.8 Å². The van der Waals surface area contributed by atoms with Crippen LogP contribution in [0.25, 0.3) is 76.9 Å². The number of nitrogens with two attached hydrogens (primary N) is 1. The largest absolute Gasteiger partial charge is 0.496 e. The van der Waals surface area contributed by atoms with Gasteiger partial charge in [0.05, 0.1) is 47.3 Å². The number of rotatable bonds is 15. The summed E-state index contributed by atoms with van der Waals surface area (Å²) in [6.45, 7) is 16.8. The van der Waals surface area contributed by atoms with Crippen molar-refractivity contribution in [2.75, 3.05) is 85.0 Å². The number of benzene rings is 13. The number of halogens is 5. The van der Waals surface area contributed by atoms with E-state index < -0.39 is 0 Å². The van der Waals surface area contributed by atoms with Crippen LogP contribution in [-0.4, -0.2) is 163 Å². The summed E-state index contributed by atoms with van der Waals surface area (Å²) >= 11 is 25.5. The number of aliphatic hydroxyl groups is 2. The Morgan fingerprint density at radius 1 is 0.435 bits per heavy atom. The second-order valence-electron chi connectivity index (χ2n) is 36.4. The number of hydrogen-bond donors (Lipinski definition) is 6. The highest BCUT2D eigenvalue weighted by molar-refractivity contribution is 6.70. The summed E-state index contributed by atoms with van der Waals surface area (Å²) in [5.74, 6) is 3.31. The van der Waals surface area contributed by atoms with Crippen LogP contribution in [0.15, 0.2) is 309 Å². The Bertz CT molecular complexity index is 6780. The molecule has 0 aliphatic carbocycles. The maximum atomic E-state index is 9.36. The lowest BCUT2D eigenvalue weighted by Crippen LogP contribution is -2.41. The highest BCUT2D eigenvalue weighted by Gasteiger charge is 2.52. The third kappa shape index (κ3) is 24.5. The highest BCUT2D eigenvalue weighted by Crippen LogP contribution is 2.43. The van der Waals surface area contributed by atoms with E-state index in [1.54, 1.807) is 19.2 Å². The second-order valence-corrected chi connectivity index (χ2v) is 38.4. The first kappa shape index (κ1) is 100. The van der Waals surface area contributed by atoms with Crippen LogP contribution in [0.5, 0.6) is 5.75 Å². The number of anilines is 2. The van der Waals surface area contributed by atoms with Crippen molar-refractivity contribution in [3.8, 4) is 39.5 Å². The van der Waals surface area contributed by atoms with Gasteiger partial charge >= 0.3 is 7.12 Å². The molecule has 8 heterocycles. The SMILES string of the molecule is CN1Cc2cc(-c3ccc(Cl)nn3)ccc2C(c2ccc3ccccc3c2)C1.CN1Cc2cc(-c3ccc(N)nn3)ccc2C(c2ccc3ccccc3c2)C1.CN1Cc2cc(B3OC(C)(C)C(C)(C)O3)ccc2C(c2ccc3ccccc3c2)C1.CO.COc1cc(CO)ccc1CNc1ccc(-c2ccc3c(c2)CN(C)CC3c2ccc3ccccc3c2)nn1.ClCCl.N=C(Cl)/C=C\C(=N)Cl. The number of alkyl halides is 2. The van der Waals surface area contributed by atoms with Gasteiger partial charge in [0.2, 0.25) is 0 Å². The Morgan fingerprint density at radius 2 is 0.783 bits per heavy atom. The number of fused-ring (bicyclic) bond motifs is 8. The number of allylic oxidation sites excluding steroid dienone is 2. The van der Waals surface area contributed by atoms with Crippen molar-refractivity contribution in [1.82, 2.24) is 50.2 Å². The second kappa shape index (κ2) is 46.1. The van der Waals surface area contributed by atoms with E-state index in [1.807, 2.05) is 42.5 Å². The van der Waals surface area contributed by atoms with Gasteiger partial charge in [-0.05, 0) is 250 Å². The van der Waals surface area contributed by atoms with Gasteiger partial charge in [-0.3, -0.25) is 10.8 Å². The van der Waals surface area contributed by atoms with Gasteiger partial charge in [0.15, 0.2) is 5.15 Å². The first-order valence-corrected chi connectivity index (χ1v) is 48.2. The van der Waals surface area contributed by atoms with E-state index in [0.717, 1.165) is 116 Å².